The van der Waals surface area contributed by atoms with E-state index in [2.05, 4.69) is 224 Å². The van der Waals surface area contributed by atoms with E-state index >= 15 is 0 Å². The van der Waals surface area contributed by atoms with E-state index in [9.17, 15) is 0 Å². The molecule has 0 radical (unpaired) electrons. The Kier molecular flexibility index (Phi) is 8.30. The summed E-state index contributed by atoms with van der Waals surface area (Å²) in [5.74, 6) is 2.39. The second-order valence-corrected chi connectivity index (χ2v) is 17.4. The summed E-state index contributed by atoms with van der Waals surface area (Å²) in [6.45, 7) is 13.3. The predicted octanol–water partition coefficient (Wildman–Crippen LogP) is 13.5. The zero-order chi connectivity index (χ0) is 41.6. The molecule has 0 fully saturated rings. The number of benzene rings is 7. The van der Waals surface area contributed by atoms with Crippen LogP contribution in [-0.4, -0.2) is 18.7 Å². The largest absolute Gasteiger partial charge is 0.457 e. The number of aromatic nitrogens is 5. The van der Waals surface area contributed by atoms with Gasteiger partial charge < -0.3 is 9.30 Å². The molecule has 4 heterocycles. The first-order valence-corrected chi connectivity index (χ1v) is 21.0. The molecular formula is C55H46N5O+. The van der Waals surface area contributed by atoms with Gasteiger partial charge in [-0.15, -0.1) is 0 Å². The van der Waals surface area contributed by atoms with Crippen molar-refractivity contribution in [2.24, 2.45) is 0 Å². The van der Waals surface area contributed by atoms with E-state index < -0.39 is 0 Å². The molecule has 0 aliphatic rings. The van der Waals surface area contributed by atoms with E-state index in [4.69, 9.17) is 9.72 Å². The molecule has 0 saturated carbocycles. The van der Waals surface area contributed by atoms with Crippen LogP contribution in [-0.2, 0) is 5.41 Å². The first-order chi connectivity index (χ1) is 29.6. The van der Waals surface area contributed by atoms with Crippen molar-refractivity contribution in [3.8, 4) is 34.4 Å². The molecule has 0 atom stereocenters. The van der Waals surface area contributed by atoms with Crippen molar-refractivity contribution >= 4 is 54.6 Å². The van der Waals surface area contributed by atoms with Gasteiger partial charge in [0.2, 0.25) is 0 Å². The molecule has 0 aliphatic heterocycles. The van der Waals surface area contributed by atoms with Crippen molar-refractivity contribution in [3.63, 3.8) is 0 Å². The van der Waals surface area contributed by atoms with E-state index in [-0.39, 0.29) is 5.41 Å². The average molecular weight is 793 g/mol. The Labute approximate surface area is 355 Å². The molecule has 0 N–H and O–H groups in total. The maximum absolute atomic E-state index is 7.08. The van der Waals surface area contributed by atoms with Crippen LogP contribution in [0.3, 0.4) is 0 Å². The normalized spacial score (nSPS) is 12.1. The minimum atomic E-state index is -0.0210. The molecule has 6 heteroatoms. The summed E-state index contributed by atoms with van der Waals surface area (Å²) in [5, 5.41) is 4.59. The van der Waals surface area contributed by atoms with Crippen molar-refractivity contribution in [1.29, 1.82) is 0 Å². The highest BCUT2D eigenvalue weighted by Gasteiger charge is 2.27. The minimum absolute atomic E-state index is 0.0210. The van der Waals surface area contributed by atoms with Gasteiger partial charge in [-0.3, -0.25) is 4.57 Å². The molecule has 0 unspecified atom stereocenters. The second-order valence-electron chi connectivity index (χ2n) is 17.4. The Morgan fingerprint density at radius 3 is 1.92 bits per heavy atom. The van der Waals surface area contributed by atoms with Crippen molar-refractivity contribution in [2.75, 3.05) is 0 Å². The number of rotatable bonds is 6. The van der Waals surface area contributed by atoms with Gasteiger partial charge in [0, 0.05) is 45.6 Å². The number of ether oxygens (including phenoxy) is 1. The third-order valence-electron chi connectivity index (χ3n) is 12.2. The highest BCUT2D eigenvalue weighted by Crippen LogP contribution is 2.42. The molecular weight excluding hydrogens is 747 g/mol. The molecule has 11 rings (SSSR count). The molecule has 0 aliphatic carbocycles. The zero-order valence-electron chi connectivity index (χ0n) is 35.3. The Morgan fingerprint density at radius 2 is 1.18 bits per heavy atom. The quantitative estimate of drug-likeness (QED) is 0.157. The minimum Gasteiger partial charge on any atom is -0.457 e. The van der Waals surface area contributed by atoms with Crippen LogP contribution in [0.25, 0.3) is 77.5 Å². The van der Waals surface area contributed by atoms with Crippen LogP contribution in [0.1, 0.15) is 43.0 Å². The van der Waals surface area contributed by atoms with Gasteiger partial charge in [0.25, 0.3) is 6.33 Å². The van der Waals surface area contributed by atoms with Gasteiger partial charge in [0.15, 0.2) is 16.7 Å². The Hall–Kier alpha value is -7.44. The Bertz CT molecular complexity index is 3500. The highest BCUT2D eigenvalue weighted by molar-refractivity contribution is 6.13. The maximum Gasteiger partial charge on any atom is 0.255 e. The van der Waals surface area contributed by atoms with E-state index in [1.165, 1.54) is 33.3 Å². The zero-order valence-corrected chi connectivity index (χ0v) is 35.3. The van der Waals surface area contributed by atoms with Crippen LogP contribution in [0.2, 0.25) is 0 Å². The topological polar surface area (TPSA) is 40.8 Å². The number of pyridine rings is 1. The molecule has 0 saturated heterocycles. The first-order valence-electron chi connectivity index (χ1n) is 21.0. The van der Waals surface area contributed by atoms with Crippen molar-refractivity contribution in [1.82, 2.24) is 18.7 Å². The molecule has 0 amide bonds. The van der Waals surface area contributed by atoms with Crippen LogP contribution >= 0.6 is 0 Å². The molecule has 0 bridgehead atoms. The predicted molar refractivity (Wildman–Crippen MR) is 251 cm³/mol. The molecule has 7 aromatic carbocycles. The molecule has 61 heavy (non-hydrogen) atoms. The summed E-state index contributed by atoms with van der Waals surface area (Å²) < 4.78 is 16.4. The summed E-state index contributed by atoms with van der Waals surface area (Å²) in [4.78, 5) is 4.92. The summed E-state index contributed by atoms with van der Waals surface area (Å²) in [6.07, 6.45) is 4.18. The number of aryl methyl sites for hydroxylation is 3. The number of nitrogens with zero attached hydrogens (tertiary/aromatic N) is 5. The number of fused-ring (bicyclic) bond motifs is 7. The number of hydrogen-bond donors (Lipinski definition) is 0. The van der Waals surface area contributed by atoms with Crippen LogP contribution in [0.15, 0.2) is 170 Å². The SMILES string of the molecule is Cc1cc(C)c(-[n+]2cn(-c3cc(Oc4ccc5c6ccccc6n(-c6cc(C(C)(C)C)ccn6)c5c4)cc4c5ccccc5n(-c5ccccc5)c34)c3ccccc32)c(C)c1. The Morgan fingerprint density at radius 1 is 0.541 bits per heavy atom. The summed E-state index contributed by atoms with van der Waals surface area (Å²) in [6, 6.07) is 56.4. The molecule has 6 nitrogen and oxygen atoms in total. The van der Waals surface area contributed by atoms with Crippen molar-refractivity contribution in [2.45, 2.75) is 47.0 Å². The van der Waals surface area contributed by atoms with Gasteiger partial charge in [0.1, 0.15) is 28.5 Å². The summed E-state index contributed by atoms with van der Waals surface area (Å²) in [5.41, 5.74) is 14.9. The van der Waals surface area contributed by atoms with Gasteiger partial charge in [-0.2, -0.15) is 9.13 Å². The average Bonchev–Trinajstić information content (AvgIpc) is 3.91. The van der Waals surface area contributed by atoms with Gasteiger partial charge in [-0.1, -0.05) is 105 Å². The molecule has 4 aromatic heterocycles. The monoisotopic (exact) mass is 792 g/mol. The lowest BCUT2D eigenvalue weighted by atomic mass is 9.88. The van der Waals surface area contributed by atoms with Gasteiger partial charge in [-0.05, 0) is 110 Å². The van der Waals surface area contributed by atoms with Crippen molar-refractivity contribution < 1.29 is 9.30 Å². The lowest BCUT2D eigenvalue weighted by molar-refractivity contribution is -0.568. The first kappa shape index (κ1) is 36.6. The maximum atomic E-state index is 7.08. The van der Waals surface area contributed by atoms with E-state index in [0.29, 0.717) is 0 Å². The number of hydrogen-bond acceptors (Lipinski definition) is 2. The number of para-hydroxylation sites is 5. The fourth-order valence-electron chi connectivity index (χ4n) is 9.58. The molecule has 296 valence electrons. The van der Waals surface area contributed by atoms with Crippen LogP contribution in [0.4, 0.5) is 0 Å². The lowest BCUT2D eigenvalue weighted by Crippen LogP contribution is -2.31. The highest BCUT2D eigenvalue weighted by atomic mass is 16.5. The molecule has 0 spiro atoms. The van der Waals surface area contributed by atoms with Gasteiger partial charge in [-0.25, -0.2) is 4.98 Å². The fourth-order valence-corrected chi connectivity index (χ4v) is 9.58. The smallest absolute Gasteiger partial charge is 0.255 e. The lowest BCUT2D eigenvalue weighted by Gasteiger charge is -2.20. The third-order valence-corrected chi connectivity index (χ3v) is 12.2. The van der Waals surface area contributed by atoms with E-state index in [1.54, 1.807) is 0 Å². The van der Waals surface area contributed by atoms with Gasteiger partial charge >= 0.3 is 0 Å². The summed E-state index contributed by atoms with van der Waals surface area (Å²) >= 11 is 0. The summed E-state index contributed by atoms with van der Waals surface area (Å²) in [7, 11) is 0. The van der Waals surface area contributed by atoms with Crippen LogP contribution < -0.4 is 9.30 Å². The van der Waals surface area contributed by atoms with Crippen LogP contribution in [0, 0.1) is 20.8 Å². The van der Waals surface area contributed by atoms with Gasteiger partial charge in [0.05, 0.1) is 16.6 Å². The second kappa shape index (κ2) is 13.8. The Balaban J connectivity index is 1.17. The van der Waals surface area contributed by atoms with E-state index in [0.717, 1.165) is 78.0 Å². The van der Waals surface area contributed by atoms with E-state index in [1.807, 2.05) is 6.20 Å². The van der Waals surface area contributed by atoms with Crippen LogP contribution in [0.5, 0.6) is 11.5 Å². The fraction of sp³-hybridized carbons (Fsp3) is 0.127. The third kappa shape index (κ3) is 5.93. The standard InChI is InChI=1S/C55H46N5O/c1-35-28-36(2)53(37(3)29-35)58-34-57(48-22-14-15-23-49(48)58)51-33-41(31-45-43-19-11-12-20-46(43)59(54(45)51)39-16-8-7-9-17-39)61-40-24-25-44-42-18-10-13-21-47(42)60(50(44)32-40)52-30-38(26-27-56-52)55(4,5)6/h7-34H,1-6H3/q+1. The van der Waals surface area contributed by atoms with Crippen molar-refractivity contribution in [3.05, 3.63) is 193 Å². The molecule has 11 aromatic rings. The number of imidazole rings is 1.